The van der Waals surface area contributed by atoms with Crippen LogP contribution < -0.4 is 9.62 Å². The third-order valence-corrected chi connectivity index (χ3v) is 8.79. The minimum Gasteiger partial charge on any atom is -0.299 e. The predicted molar refractivity (Wildman–Crippen MR) is 137 cm³/mol. The van der Waals surface area contributed by atoms with E-state index >= 15 is 0 Å². The summed E-state index contributed by atoms with van der Waals surface area (Å²) >= 11 is 8.54. The van der Waals surface area contributed by atoms with Gasteiger partial charge in [0.05, 0.1) is 15.6 Å². The average molecular weight is 549 g/mol. The molecule has 0 fully saturated rings. The molecule has 1 aromatic heterocycles. The van der Waals surface area contributed by atoms with Gasteiger partial charge in [0.1, 0.15) is 12.4 Å². The maximum absolute atomic E-state index is 13.7. The highest BCUT2D eigenvalue weighted by atomic mass is 35.5. The highest BCUT2D eigenvalue weighted by Crippen LogP contribution is 2.30. The molecule has 35 heavy (non-hydrogen) atoms. The van der Waals surface area contributed by atoms with E-state index in [1.165, 1.54) is 41.3 Å². The Hall–Kier alpha value is -2.99. The topological polar surface area (TPSA) is 92.3 Å². The largest absolute Gasteiger partial charge is 0.299 e. The number of hydrogen-bond acceptors (Lipinski definition) is 7. The second-order valence-electron chi connectivity index (χ2n) is 7.12. The molecule has 1 heterocycles. The van der Waals surface area contributed by atoms with Crippen LogP contribution in [0.1, 0.15) is 5.56 Å². The van der Waals surface area contributed by atoms with Crippen molar-refractivity contribution in [1.29, 1.82) is 0 Å². The number of rotatable bonds is 9. The van der Waals surface area contributed by atoms with Gasteiger partial charge in [0.2, 0.25) is 11.0 Å². The summed E-state index contributed by atoms with van der Waals surface area (Å²) in [4.78, 5) is 12.8. The SMILES string of the molecule is O=C(CN(c1ccc(F)c(Cl)c1)S(=O)(=O)c1ccccc1)Nc1nnc(SCc2ccccc2)s1. The lowest BCUT2D eigenvalue weighted by Crippen LogP contribution is -2.38. The second-order valence-corrected chi connectivity index (χ2v) is 11.6. The predicted octanol–water partition coefficient (Wildman–Crippen LogP) is 5.46. The molecular formula is C23H18ClFN4O3S3. The van der Waals surface area contributed by atoms with Crippen molar-refractivity contribution >= 4 is 61.4 Å². The maximum Gasteiger partial charge on any atom is 0.264 e. The first-order valence-corrected chi connectivity index (χ1v) is 13.8. The summed E-state index contributed by atoms with van der Waals surface area (Å²) in [5, 5.41) is 10.6. The number of thioether (sulfide) groups is 1. The maximum atomic E-state index is 13.7. The van der Waals surface area contributed by atoms with Crippen molar-refractivity contribution in [3.8, 4) is 0 Å². The van der Waals surface area contributed by atoms with Gasteiger partial charge < -0.3 is 0 Å². The molecule has 0 spiro atoms. The molecule has 0 unspecified atom stereocenters. The Morgan fingerprint density at radius 1 is 1.03 bits per heavy atom. The van der Waals surface area contributed by atoms with E-state index in [2.05, 4.69) is 15.5 Å². The first-order chi connectivity index (χ1) is 16.8. The number of aromatic nitrogens is 2. The van der Waals surface area contributed by atoms with Crippen LogP contribution in [0.15, 0.2) is 88.1 Å². The average Bonchev–Trinajstić information content (AvgIpc) is 3.31. The van der Waals surface area contributed by atoms with Crippen LogP contribution in [0.25, 0.3) is 0 Å². The standard InChI is InChI=1S/C23H18ClFN4O3S3/c24-19-13-17(11-12-20(19)25)29(35(31,32)18-9-5-2-6-10-18)14-21(30)26-22-27-28-23(34-22)33-15-16-7-3-1-4-8-16/h1-13H,14-15H2,(H,26,27,30). The lowest BCUT2D eigenvalue weighted by Gasteiger charge is -2.24. The zero-order valence-electron chi connectivity index (χ0n) is 18.0. The van der Waals surface area contributed by atoms with Crippen LogP contribution in [-0.2, 0) is 20.6 Å². The van der Waals surface area contributed by atoms with Gasteiger partial charge in [0.25, 0.3) is 10.0 Å². The molecule has 3 aromatic carbocycles. The molecule has 4 rings (SSSR count). The van der Waals surface area contributed by atoms with Crippen LogP contribution in [0.3, 0.4) is 0 Å². The van der Waals surface area contributed by atoms with Crippen LogP contribution in [0.5, 0.6) is 0 Å². The van der Waals surface area contributed by atoms with Gasteiger partial charge >= 0.3 is 0 Å². The highest BCUT2D eigenvalue weighted by Gasteiger charge is 2.28. The molecule has 0 aliphatic heterocycles. The number of benzene rings is 3. The molecule has 180 valence electrons. The third-order valence-electron chi connectivity index (χ3n) is 4.67. The Bertz CT molecular complexity index is 1420. The number of amides is 1. The molecule has 7 nitrogen and oxygen atoms in total. The fraction of sp³-hybridized carbons (Fsp3) is 0.0870. The van der Waals surface area contributed by atoms with E-state index in [0.29, 0.717) is 10.1 Å². The van der Waals surface area contributed by atoms with Crippen molar-refractivity contribution in [1.82, 2.24) is 10.2 Å². The van der Waals surface area contributed by atoms with Gasteiger partial charge in [-0.2, -0.15) is 0 Å². The fourth-order valence-electron chi connectivity index (χ4n) is 3.00. The molecule has 1 amide bonds. The van der Waals surface area contributed by atoms with E-state index in [-0.39, 0.29) is 20.7 Å². The molecule has 0 aliphatic carbocycles. The number of carbonyl (C=O) groups is 1. The second kappa shape index (κ2) is 11.2. The third kappa shape index (κ3) is 6.37. The minimum absolute atomic E-state index is 0.0243. The van der Waals surface area contributed by atoms with Crippen molar-refractivity contribution in [2.45, 2.75) is 15.0 Å². The van der Waals surface area contributed by atoms with Crippen molar-refractivity contribution in [2.75, 3.05) is 16.2 Å². The molecule has 0 atom stereocenters. The van der Waals surface area contributed by atoms with Crippen LogP contribution >= 0.6 is 34.7 Å². The normalized spacial score (nSPS) is 11.3. The number of nitrogens with zero attached hydrogens (tertiary/aromatic N) is 3. The summed E-state index contributed by atoms with van der Waals surface area (Å²) in [6, 6.07) is 20.9. The van der Waals surface area contributed by atoms with Crippen molar-refractivity contribution in [3.05, 3.63) is 95.3 Å². The number of nitrogens with one attached hydrogen (secondary N) is 1. The van der Waals surface area contributed by atoms with Gasteiger partial charge in [0.15, 0.2) is 4.34 Å². The fourth-order valence-corrected chi connectivity index (χ4v) is 6.33. The van der Waals surface area contributed by atoms with Gasteiger partial charge in [-0.15, -0.1) is 10.2 Å². The first-order valence-electron chi connectivity index (χ1n) is 10.2. The van der Waals surface area contributed by atoms with E-state index in [1.807, 2.05) is 30.3 Å². The molecule has 4 aromatic rings. The Morgan fingerprint density at radius 3 is 2.40 bits per heavy atom. The van der Waals surface area contributed by atoms with E-state index in [1.54, 1.807) is 18.2 Å². The Kier molecular flexibility index (Phi) is 8.01. The summed E-state index contributed by atoms with van der Waals surface area (Å²) in [7, 11) is -4.15. The number of sulfonamides is 1. The number of anilines is 2. The zero-order valence-corrected chi connectivity index (χ0v) is 21.2. The van der Waals surface area contributed by atoms with E-state index in [4.69, 9.17) is 11.6 Å². The number of hydrogen-bond donors (Lipinski definition) is 1. The molecule has 0 bridgehead atoms. The monoisotopic (exact) mass is 548 g/mol. The van der Waals surface area contributed by atoms with E-state index in [0.717, 1.165) is 22.0 Å². The number of carbonyl (C=O) groups excluding carboxylic acids is 1. The summed E-state index contributed by atoms with van der Waals surface area (Å²) in [6.07, 6.45) is 0. The van der Waals surface area contributed by atoms with Gasteiger partial charge in [0, 0.05) is 5.75 Å². The van der Waals surface area contributed by atoms with E-state index in [9.17, 15) is 17.6 Å². The number of halogens is 2. The van der Waals surface area contributed by atoms with Crippen molar-refractivity contribution in [2.24, 2.45) is 0 Å². The Labute approximate surface area is 215 Å². The van der Waals surface area contributed by atoms with E-state index < -0.39 is 28.3 Å². The lowest BCUT2D eigenvalue weighted by atomic mass is 10.2. The summed E-state index contributed by atoms with van der Waals surface area (Å²) < 4.78 is 41.9. The smallest absolute Gasteiger partial charge is 0.264 e. The molecule has 1 N–H and O–H groups in total. The molecule has 0 aliphatic rings. The van der Waals surface area contributed by atoms with Crippen LogP contribution in [0, 0.1) is 5.82 Å². The first kappa shape index (κ1) is 25.1. The quantitative estimate of drug-likeness (QED) is 0.221. The van der Waals surface area contributed by atoms with Gasteiger partial charge in [-0.05, 0) is 35.9 Å². The van der Waals surface area contributed by atoms with Crippen molar-refractivity contribution < 1.29 is 17.6 Å². The van der Waals surface area contributed by atoms with Crippen LogP contribution in [0.2, 0.25) is 5.02 Å². The molecule has 12 heteroatoms. The molecular weight excluding hydrogens is 531 g/mol. The van der Waals surface area contributed by atoms with Crippen molar-refractivity contribution in [3.63, 3.8) is 0 Å². The summed E-state index contributed by atoms with van der Waals surface area (Å²) in [6.45, 7) is -0.578. The summed E-state index contributed by atoms with van der Waals surface area (Å²) in [5.74, 6) is -0.648. The lowest BCUT2D eigenvalue weighted by molar-refractivity contribution is -0.114. The van der Waals surface area contributed by atoms with Gasteiger partial charge in [-0.25, -0.2) is 12.8 Å². The van der Waals surface area contributed by atoms with Crippen LogP contribution in [0.4, 0.5) is 15.2 Å². The van der Waals surface area contributed by atoms with Crippen LogP contribution in [-0.4, -0.2) is 31.1 Å². The molecule has 0 saturated heterocycles. The Morgan fingerprint density at radius 2 is 1.71 bits per heavy atom. The summed E-state index contributed by atoms with van der Waals surface area (Å²) in [5.41, 5.74) is 1.17. The molecule has 0 saturated carbocycles. The molecule has 0 radical (unpaired) electrons. The highest BCUT2D eigenvalue weighted by molar-refractivity contribution is 8.00. The minimum atomic E-state index is -4.15. The zero-order chi connectivity index (χ0) is 24.8. The Balaban J connectivity index is 1.51. The van der Waals surface area contributed by atoms with Gasteiger partial charge in [-0.3, -0.25) is 14.4 Å². The van der Waals surface area contributed by atoms with Gasteiger partial charge in [-0.1, -0.05) is 83.2 Å².